The number of anilines is 1. The van der Waals surface area contributed by atoms with E-state index in [1.807, 2.05) is 19.1 Å². The van der Waals surface area contributed by atoms with Gasteiger partial charge in [-0.15, -0.1) is 0 Å². The highest BCUT2D eigenvalue weighted by atomic mass is 79.9. The molecule has 0 saturated heterocycles. The van der Waals surface area contributed by atoms with Crippen molar-refractivity contribution in [1.29, 1.82) is 0 Å². The molecule has 0 spiro atoms. The predicted octanol–water partition coefficient (Wildman–Crippen LogP) is 2.74. The van der Waals surface area contributed by atoms with Gasteiger partial charge in [-0.05, 0) is 24.6 Å². The van der Waals surface area contributed by atoms with Gasteiger partial charge < -0.3 is 5.32 Å². The molecule has 0 amide bonds. The van der Waals surface area contributed by atoms with Gasteiger partial charge in [-0.25, -0.2) is 5.84 Å². The number of nitrogens with two attached hydrogens (primary N) is 1. The third kappa shape index (κ3) is 4.00. The molecule has 0 fully saturated rings. The Labute approximate surface area is 108 Å². The summed E-state index contributed by atoms with van der Waals surface area (Å²) in [5.41, 5.74) is 3.25. The number of nitrogens with one attached hydrogen (secondary N) is 2. The van der Waals surface area contributed by atoms with E-state index in [4.69, 9.17) is 17.4 Å². The van der Waals surface area contributed by atoms with Crippen LogP contribution in [0.2, 0.25) is 5.02 Å². The van der Waals surface area contributed by atoms with E-state index < -0.39 is 0 Å². The van der Waals surface area contributed by atoms with Crippen molar-refractivity contribution in [2.45, 2.75) is 13.3 Å². The number of hydrogen-bond acceptors (Lipinski definition) is 2. The van der Waals surface area contributed by atoms with Crippen LogP contribution >= 0.6 is 27.5 Å². The molecule has 88 valence electrons. The highest BCUT2D eigenvalue weighted by Gasteiger charge is 2.03. The molecule has 0 aliphatic rings. The summed E-state index contributed by atoms with van der Waals surface area (Å²) in [6.07, 6.45) is 0.957. The van der Waals surface area contributed by atoms with E-state index in [0.29, 0.717) is 17.5 Å². The summed E-state index contributed by atoms with van der Waals surface area (Å²) in [6.45, 7) is 2.75. The zero-order chi connectivity index (χ0) is 12.0. The van der Waals surface area contributed by atoms with Crippen molar-refractivity contribution in [2.24, 2.45) is 10.8 Å². The number of rotatable bonds is 3. The average Bonchev–Trinajstić information content (AvgIpc) is 2.28. The third-order valence-corrected chi connectivity index (χ3v) is 2.63. The molecule has 1 rings (SSSR count). The van der Waals surface area contributed by atoms with Crippen LogP contribution in [-0.2, 0) is 0 Å². The van der Waals surface area contributed by atoms with Gasteiger partial charge in [-0.2, -0.15) is 0 Å². The van der Waals surface area contributed by atoms with E-state index in [1.165, 1.54) is 0 Å². The first-order chi connectivity index (χ1) is 7.67. The second-order valence-corrected chi connectivity index (χ2v) is 4.45. The van der Waals surface area contributed by atoms with Crippen molar-refractivity contribution >= 4 is 39.2 Å². The minimum atomic E-state index is 0.502. The molecular formula is C10H14BrClN4. The second-order valence-electron chi connectivity index (χ2n) is 3.12. The Kier molecular flexibility index (Phi) is 5.59. The van der Waals surface area contributed by atoms with E-state index in [9.17, 15) is 0 Å². The van der Waals surface area contributed by atoms with Gasteiger partial charge in [-0.3, -0.25) is 10.4 Å². The Morgan fingerprint density at radius 2 is 2.31 bits per heavy atom. The molecule has 0 bridgehead atoms. The summed E-state index contributed by atoms with van der Waals surface area (Å²) < 4.78 is 0.936. The third-order valence-electron chi connectivity index (χ3n) is 1.81. The van der Waals surface area contributed by atoms with Crippen LogP contribution in [0.5, 0.6) is 0 Å². The van der Waals surface area contributed by atoms with Crippen molar-refractivity contribution in [1.82, 2.24) is 5.43 Å². The fraction of sp³-hybridized carbons (Fsp3) is 0.300. The molecule has 0 aliphatic carbocycles. The molecule has 4 nitrogen and oxygen atoms in total. The quantitative estimate of drug-likeness (QED) is 0.348. The number of nitrogens with zero attached hydrogens (tertiary/aromatic N) is 1. The Bertz CT molecular complexity index is 381. The van der Waals surface area contributed by atoms with Gasteiger partial charge in [0.2, 0.25) is 5.96 Å². The molecule has 16 heavy (non-hydrogen) atoms. The predicted molar refractivity (Wildman–Crippen MR) is 72.7 cm³/mol. The van der Waals surface area contributed by atoms with Gasteiger partial charge in [0.05, 0.1) is 10.7 Å². The lowest BCUT2D eigenvalue weighted by Crippen LogP contribution is -2.36. The van der Waals surface area contributed by atoms with E-state index in [-0.39, 0.29) is 0 Å². The van der Waals surface area contributed by atoms with Gasteiger partial charge in [0.25, 0.3) is 0 Å². The normalized spacial score (nSPS) is 11.4. The molecular weight excluding hydrogens is 291 g/mol. The lowest BCUT2D eigenvalue weighted by atomic mass is 10.3. The topological polar surface area (TPSA) is 62.4 Å². The van der Waals surface area contributed by atoms with Crippen LogP contribution < -0.4 is 16.6 Å². The fourth-order valence-electron chi connectivity index (χ4n) is 1.07. The van der Waals surface area contributed by atoms with Crippen LogP contribution in [0.25, 0.3) is 0 Å². The molecule has 6 heteroatoms. The van der Waals surface area contributed by atoms with E-state index in [2.05, 4.69) is 31.7 Å². The summed E-state index contributed by atoms with van der Waals surface area (Å²) >= 11 is 9.40. The van der Waals surface area contributed by atoms with Crippen LogP contribution in [0.1, 0.15) is 13.3 Å². The Morgan fingerprint density at radius 3 is 2.94 bits per heavy atom. The van der Waals surface area contributed by atoms with Gasteiger partial charge >= 0.3 is 0 Å². The number of halogens is 2. The molecule has 4 N–H and O–H groups in total. The van der Waals surface area contributed by atoms with Crippen molar-refractivity contribution in [3.8, 4) is 0 Å². The minimum absolute atomic E-state index is 0.502. The molecule has 0 aromatic heterocycles. The Balaban J connectivity index is 2.81. The molecule has 0 radical (unpaired) electrons. The summed E-state index contributed by atoms with van der Waals surface area (Å²) in [7, 11) is 0. The van der Waals surface area contributed by atoms with Crippen molar-refractivity contribution < 1.29 is 0 Å². The van der Waals surface area contributed by atoms with Crippen LogP contribution in [0, 0.1) is 0 Å². The van der Waals surface area contributed by atoms with Crippen molar-refractivity contribution in [2.75, 3.05) is 11.9 Å². The van der Waals surface area contributed by atoms with Crippen LogP contribution in [0.15, 0.2) is 27.7 Å². The van der Waals surface area contributed by atoms with Crippen molar-refractivity contribution in [3.63, 3.8) is 0 Å². The van der Waals surface area contributed by atoms with E-state index in [0.717, 1.165) is 16.6 Å². The molecule has 0 aliphatic heterocycles. The standard InChI is InChI=1S/C10H14BrClN4/c1-2-5-14-10(16-13)15-9-6-7(11)3-4-8(9)12/h3-4,6H,2,5,13H2,1H3,(H2,14,15,16). The molecule has 0 heterocycles. The largest absolute Gasteiger partial charge is 0.324 e. The number of hydrogen-bond donors (Lipinski definition) is 3. The maximum atomic E-state index is 6.02. The molecule has 0 unspecified atom stereocenters. The number of aliphatic imine (C=N–C) groups is 1. The highest BCUT2D eigenvalue weighted by molar-refractivity contribution is 9.10. The molecule has 1 aromatic rings. The van der Waals surface area contributed by atoms with Gasteiger partial charge in [-0.1, -0.05) is 34.5 Å². The number of guanidine groups is 1. The monoisotopic (exact) mass is 304 g/mol. The lowest BCUT2D eigenvalue weighted by molar-refractivity contribution is 0.905. The number of benzene rings is 1. The second kappa shape index (κ2) is 6.73. The molecule has 1 aromatic carbocycles. The molecule has 0 atom stereocenters. The van der Waals surface area contributed by atoms with Gasteiger partial charge in [0.1, 0.15) is 0 Å². The summed E-state index contributed by atoms with van der Waals surface area (Å²) in [6, 6.07) is 5.52. The maximum absolute atomic E-state index is 6.02. The smallest absolute Gasteiger partial charge is 0.210 e. The summed E-state index contributed by atoms with van der Waals surface area (Å²) in [4.78, 5) is 4.22. The summed E-state index contributed by atoms with van der Waals surface area (Å²) in [5, 5.41) is 3.64. The first-order valence-electron chi connectivity index (χ1n) is 4.90. The Morgan fingerprint density at radius 1 is 1.56 bits per heavy atom. The zero-order valence-corrected chi connectivity index (χ0v) is 11.3. The minimum Gasteiger partial charge on any atom is -0.324 e. The van der Waals surface area contributed by atoms with E-state index >= 15 is 0 Å². The maximum Gasteiger partial charge on any atom is 0.210 e. The average molecular weight is 306 g/mol. The lowest BCUT2D eigenvalue weighted by Gasteiger charge is -2.10. The highest BCUT2D eigenvalue weighted by Crippen LogP contribution is 2.25. The number of hydrazine groups is 1. The van der Waals surface area contributed by atoms with Crippen molar-refractivity contribution in [3.05, 3.63) is 27.7 Å². The Hall–Kier alpha value is -0.780. The van der Waals surface area contributed by atoms with E-state index in [1.54, 1.807) is 6.07 Å². The zero-order valence-electron chi connectivity index (χ0n) is 8.93. The van der Waals surface area contributed by atoms with Crippen LogP contribution in [-0.4, -0.2) is 12.5 Å². The first-order valence-corrected chi connectivity index (χ1v) is 6.07. The SMILES string of the molecule is CCCN=C(NN)Nc1cc(Br)ccc1Cl. The first kappa shape index (κ1) is 13.3. The van der Waals surface area contributed by atoms with Crippen LogP contribution in [0.3, 0.4) is 0 Å². The summed E-state index contributed by atoms with van der Waals surface area (Å²) in [5.74, 6) is 5.85. The molecule has 0 saturated carbocycles. The van der Waals surface area contributed by atoms with Gasteiger partial charge in [0.15, 0.2) is 0 Å². The van der Waals surface area contributed by atoms with Crippen LogP contribution in [0.4, 0.5) is 5.69 Å². The van der Waals surface area contributed by atoms with Gasteiger partial charge in [0, 0.05) is 11.0 Å². The fourth-order valence-corrected chi connectivity index (χ4v) is 1.59.